The van der Waals surface area contributed by atoms with Gasteiger partial charge in [-0.3, -0.25) is 14.5 Å². The molecule has 166 valence electrons. The molecule has 1 aromatic carbocycles. The minimum absolute atomic E-state index is 0.0549. The van der Waals surface area contributed by atoms with Gasteiger partial charge in [0.2, 0.25) is 15.9 Å². The molecule has 2 aliphatic heterocycles. The van der Waals surface area contributed by atoms with Crippen LogP contribution in [-0.2, 0) is 19.6 Å². The van der Waals surface area contributed by atoms with Crippen molar-refractivity contribution in [3.05, 3.63) is 29.8 Å². The van der Waals surface area contributed by atoms with Crippen LogP contribution in [0.15, 0.2) is 29.2 Å². The monoisotopic (exact) mass is 438 g/mol. The molecule has 0 radical (unpaired) electrons. The van der Waals surface area contributed by atoms with E-state index in [0.717, 1.165) is 25.9 Å². The van der Waals surface area contributed by atoms with E-state index < -0.39 is 10.0 Å². The van der Waals surface area contributed by atoms with Gasteiger partial charge in [-0.2, -0.15) is 0 Å². The number of likely N-dealkylation sites (tertiary alicyclic amines) is 1. The van der Waals surface area contributed by atoms with E-state index in [-0.39, 0.29) is 29.9 Å². The molecular weight excluding hydrogens is 408 g/mol. The average molecular weight is 439 g/mol. The van der Waals surface area contributed by atoms with Gasteiger partial charge in [0.05, 0.1) is 18.0 Å². The van der Waals surface area contributed by atoms with Crippen LogP contribution in [-0.4, -0.2) is 101 Å². The normalized spacial score (nSPS) is 18.0. The summed E-state index contributed by atoms with van der Waals surface area (Å²) >= 11 is 0. The molecule has 1 aromatic rings. The Morgan fingerprint density at radius 3 is 2.40 bits per heavy atom. The number of carbonyl (C=O) groups excluding carboxylic acids is 2. The van der Waals surface area contributed by atoms with Gasteiger partial charge in [0.25, 0.3) is 5.91 Å². The first kappa shape index (κ1) is 22.7. The maximum atomic E-state index is 12.9. The molecule has 2 aliphatic rings. The fourth-order valence-corrected chi connectivity index (χ4v) is 4.77. The molecule has 10 heteroatoms. The Balaban J connectivity index is 1.55. The van der Waals surface area contributed by atoms with Gasteiger partial charge in [-0.05, 0) is 31.0 Å². The van der Waals surface area contributed by atoms with Crippen LogP contribution in [0.3, 0.4) is 0 Å². The summed E-state index contributed by atoms with van der Waals surface area (Å²) in [6.07, 6.45) is 2.15. The lowest BCUT2D eigenvalue weighted by Crippen LogP contribution is -2.51. The van der Waals surface area contributed by atoms with Crippen LogP contribution < -0.4 is 4.72 Å². The molecule has 0 bridgehead atoms. The van der Waals surface area contributed by atoms with Crippen molar-refractivity contribution in [3.8, 4) is 0 Å². The lowest BCUT2D eigenvalue weighted by molar-refractivity contribution is -0.131. The maximum absolute atomic E-state index is 12.9. The molecule has 0 aromatic heterocycles. The zero-order valence-electron chi connectivity index (χ0n) is 17.4. The molecule has 0 unspecified atom stereocenters. The number of carbonyl (C=O) groups is 2. The fraction of sp³-hybridized carbons (Fsp3) is 0.600. The van der Waals surface area contributed by atoms with Crippen LogP contribution in [0.2, 0.25) is 0 Å². The second kappa shape index (κ2) is 10.3. The molecule has 0 aliphatic carbocycles. The Kier molecular flexibility index (Phi) is 7.81. The molecule has 1 N–H and O–H groups in total. The van der Waals surface area contributed by atoms with E-state index in [9.17, 15) is 18.0 Å². The van der Waals surface area contributed by atoms with E-state index in [1.807, 2.05) is 4.90 Å². The van der Waals surface area contributed by atoms with Crippen molar-refractivity contribution in [2.45, 2.75) is 17.7 Å². The summed E-state index contributed by atoms with van der Waals surface area (Å²) < 4.78 is 32.1. The number of ether oxygens (including phenoxy) is 1. The number of nitrogens with one attached hydrogen (secondary N) is 1. The van der Waals surface area contributed by atoms with Gasteiger partial charge in [-0.15, -0.1) is 0 Å². The fourth-order valence-electron chi connectivity index (χ4n) is 3.71. The van der Waals surface area contributed by atoms with Gasteiger partial charge in [-0.25, -0.2) is 13.1 Å². The summed E-state index contributed by atoms with van der Waals surface area (Å²) in [6, 6.07) is 6.07. The number of rotatable bonds is 8. The Morgan fingerprint density at radius 1 is 1.03 bits per heavy atom. The minimum Gasteiger partial charge on any atom is -0.383 e. The zero-order valence-corrected chi connectivity index (χ0v) is 18.2. The van der Waals surface area contributed by atoms with E-state index in [1.165, 1.54) is 19.2 Å². The molecule has 3 rings (SSSR count). The van der Waals surface area contributed by atoms with Crippen molar-refractivity contribution in [2.24, 2.45) is 0 Å². The lowest BCUT2D eigenvalue weighted by atomic mass is 10.2. The van der Waals surface area contributed by atoms with E-state index in [4.69, 9.17) is 4.74 Å². The van der Waals surface area contributed by atoms with Crippen molar-refractivity contribution >= 4 is 21.8 Å². The highest BCUT2D eigenvalue weighted by atomic mass is 32.2. The van der Waals surface area contributed by atoms with Gasteiger partial charge in [0.15, 0.2) is 0 Å². The van der Waals surface area contributed by atoms with Gasteiger partial charge in [-0.1, -0.05) is 6.07 Å². The number of amides is 2. The van der Waals surface area contributed by atoms with Crippen LogP contribution in [0.1, 0.15) is 23.2 Å². The van der Waals surface area contributed by atoms with Gasteiger partial charge in [0.1, 0.15) is 0 Å². The Morgan fingerprint density at radius 2 is 1.73 bits per heavy atom. The molecule has 30 heavy (non-hydrogen) atoms. The van der Waals surface area contributed by atoms with Crippen LogP contribution >= 0.6 is 0 Å². The number of nitrogens with zero attached hydrogens (tertiary/aromatic N) is 3. The second-order valence-corrected chi connectivity index (χ2v) is 9.34. The van der Waals surface area contributed by atoms with E-state index in [2.05, 4.69) is 9.62 Å². The first-order valence-corrected chi connectivity index (χ1v) is 11.8. The summed E-state index contributed by atoms with van der Waals surface area (Å²) in [6.45, 7) is 4.78. The van der Waals surface area contributed by atoms with Crippen molar-refractivity contribution in [3.63, 3.8) is 0 Å². The first-order chi connectivity index (χ1) is 14.4. The third-order valence-electron chi connectivity index (χ3n) is 5.47. The standard InChI is InChI=1S/C20H30N4O5S/c1-29-14-7-21-30(27,28)18-6-4-5-17(15-18)20(26)24-12-10-22(11-13-24)16-19(25)23-8-2-3-9-23/h4-6,15,21H,2-3,7-14,16H2,1H3. The number of methoxy groups -OCH3 is 1. The Hall–Kier alpha value is -2.01. The SMILES string of the molecule is COCCNS(=O)(=O)c1cccc(C(=O)N2CCN(CC(=O)N3CCCC3)CC2)c1. The predicted octanol–water partition coefficient (Wildman–Crippen LogP) is -0.00850. The lowest BCUT2D eigenvalue weighted by Gasteiger charge is -2.35. The molecule has 2 saturated heterocycles. The molecule has 2 fully saturated rings. The Labute approximate surface area is 178 Å². The van der Waals surface area contributed by atoms with Gasteiger partial charge < -0.3 is 14.5 Å². The highest BCUT2D eigenvalue weighted by molar-refractivity contribution is 7.89. The zero-order chi connectivity index (χ0) is 21.6. The maximum Gasteiger partial charge on any atom is 0.253 e. The van der Waals surface area contributed by atoms with Crippen molar-refractivity contribution < 1.29 is 22.7 Å². The topological polar surface area (TPSA) is 99.3 Å². The highest BCUT2D eigenvalue weighted by Gasteiger charge is 2.26. The largest absolute Gasteiger partial charge is 0.383 e. The third kappa shape index (κ3) is 5.78. The molecule has 9 nitrogen and oxygen atoms in total. The van der Waals surface area contributed by atoms with Crippen LogP contribution in [0.4, 0.5) is 0 Å². The van der Waals surface area contributed by atoms with Crippen LogP contribution in [0.5, 0.6) is 0 Å². The molecular formula is C20H30N4O5S. The molecule has 2 amide bonds. The van der Waals surface area contributed by atoms with E-state index in [0.29, 0.717) is 38.3 Å². The Bertz CT molecular complexity index is 847. The summed E-state index contributed by atoms with van der Waals surface area (Å²) in [4.78, 5) is 30.9. The number of piperazine rings is 1. The molecule has 2 heterocycles. The van der Waals surface area contributed by atoms with Crippen molar-refractivity contribution in [1.82, 2.24) is 19.4 Å². The average Bonchev–Trinajstić information content (AvgIpc) is 3.29. The molecule has 0 atom stereocenters. The number of hydrogen-bond acceptors (Lipinski definition) is 6. The van der Waals surface area contributed by atoms with Gasteiger partial charge >= 0.3 is 0 Å². The number of benzene rings is 1. The minimum atomic E-state index is -3.70. The van der Waals surface area contributed by atoms with Crippen molar-refractivity contribution in [2.75, 3.05) is 66.1 Å². The number of sulfonamides is 1. The van der Waals surface area contributed by atoms with E-state index in [1.54, 1.807) is 17.0 Å². The summed E-state index contributed by atoms with van der Waals surface area (Å²) in [5.41, 5.74) is 0.339. The van der Waals surface area contributed by atoms with Gasteiger partial charge in [0, 0.05) is 58.5 Å². The van der Waals surface area contributed by atoms with E-state index >= 15 is 0 Å². The summed E-state index contributed by atoms with van der Waals surface area (Å²) in [7, 11) is -2.21. The summed E-state index contributed by atoms with van der Waals surface area (Å²) in [5.74, 6) is -0.0411. The quantitative estimate of drug-likeness (QED) is 0.574. The van der Waals surface area contributed by atoms with Crippen LogP contribution in [0.25, 0.3) is 0 Å². The van der Waals surface area contributed by atoms with Crippen LogP contribution in [0, 0.1) is 0 Å². The third-order valence-corrected chi connectivity index (χ3v) is 6.93. The smallest absolute Gasteiger partial charge is 0.253 e. The molecule has 0 spiro atoms. The first-order valence-electron chi connectivity index (χ1n) is 10.3. The second-order valence-electron chi connectivity index (χ2n) is 7.57. The molecule has 0 saturated carbocycles. The predicted molar refractivity (Wildman–Crippen MR) is 112 cm³/mol. The van der Waals surface area contributed by atoms with Crippen molar-refractivity contribution in [1.29, 1.82) is 0 Å². The highest BCUT2D eigenvalue weighted by Crippen LogP contribution is 2.15. The summed E-state index contributed by atoms with van der Waals surface area (Å²) in [5, 5.41) is 0. The number of hydrogen-bond donors (Lipinski definition) is 1.